The molecule has 1 amide bonds. The molecule has 0 atom stereocenters. The maximum Gasteiger partial charge on any atom is 0.417 e. The minimum atomic E-state index is -4.56. The second kappa shape index (κ2) is 4.77. The van der Waals surface area contributed by atoms with Crippen LogP contribution in [0.4, 0.5) is 18.3 Å². The van der Waals surface area contributed by atoms with Gasteiger partial charge in [-0.1, -0.05) is 12.1 Å². The van der Waals surface area contributed by atoms with E-state index in [0.29, 0.717) is 0 Å². The van der Waals surface area contributed by atoms with Gasteiger partial charge in [-0.25, -0.2) is 4.98 Å². The first-order valence-corrected chi connectivity index (χ1v) is 5.73. The van der Waals surface area contributed by atoms with Crippen molar-refractivity contribution in [3.8, 4) is 0 Å². The van der Waals surface area contributed by atoms with Gasteiger partial charge in [-0.15, -0.1) is 11.3 Å². The predicted octanol–water partition coefficient (Wildman–Crippen LogP) is 3.41. The van der Waals surface area contributed by atoms with Crippen LogP contribution in [0.3, 0.4) is 0 Å². The fourth-order valence-corrected chi connectivity index (χ4v) is 1.90. The quantitative estimate of drug-likeness (QED) is 0.910. The molecule has 1 heterocycles. The van der Waals surface area contributed by atoms with Gasteiger partial charge < -0.3 is 0 Å². The van der Waals surface area contributed by atoms with Gasteiger partial charge in [-0.05, 0) is 12.1 Å². The summed E-state index contributed by atoms with van der Waals surface area (Å²) in [4.78, 5) is 15.5. The molecule has 0 aliphatic rings. The third-order valence-electron chi connectivity index (χ3n) is 2.13. The van der Waals surface area contributed by atoms with Gasteiger partial charge >= 0.3 is 6.18 Å². The number of rotatable bonds is 2. The standard InChI is InChI=1S/C11H7F3N2OS/c12-11(13,14)8-4-2-1-3-7(8)9(17)16-10-15-5-6-18-10/h1-6H,(H,15,16,17). The van der Waals surface area contributed by atoms with Crippen molar-refractivity contribution in [1.29, 1.82) is 0 Å². The summed E-state index contributed by atoms with van der Waals surface area (Å²) in [7, 11) is 0. The molecule has 94 valence electrons. The molecule has 0 unspecified atom stereocenters. The SMILES string of the molecule is O=C(Nc1nccs1)c1ccccc1C(F)(F)F. The van der Waals surface area contributed by atoms with E-state index in [0.717, 1.165) is 23.5 Å². The maximum atomic E-state index is 12.7. The van der Waals surface area contributed by atoms with Crippen LogP contribution in [0.2, 0.25) is 0 Å². The number of benzene rings is 1. The number of thiazole rings is 1. The molecule has 0 spiro atoms. The van der Waals surface area contributed by atoms with Crippen molar-refractivity contribution < 1.29 is 18.0 Å². The number of amides is 1. The average molecular weight is 272 g/mol. The Bertz CT molecular complexity index is 552. The molecule has 1 N–H and O–H groups in total. The zero-order valence-electron chi connectivity index (χ0n) is 8.86. The van der Waals surface area contributed by atoms with E-state index < -0.39 is 23.2 Å². The minimum absolute atomic E-state index is 0.261. The molecule has 0 saturated carbocycles. The molecule has 1 aromatic carbocycles. The molecule has 0 bridgehead atoms. The van der Waals surface area contributed by atoms with Crippen molar-refractivity contribution in [2.45, 2.75) is 6.18 Å². The second-order valence-electron chi connectivity index (χ2n) is 3.33. The highest BCUT2D eigenvalue weighted by Crippen LogP contribution is 2.32. The summed E-state index contributed by atoms with van der Waals surface area (Å²) < 4.78 is 38.1. The van der Waals surface area contributed by atoms with Crippen molar-refractivity contribution >= 4 is 22.4 Å². The van der Waals surface area contributed by atoms with Crippen molar-refractivity contribution in [3.63, 3.8) is 0 Å². The number of anilines is 1. The lowest BCUT2D eigenvalue weighted by molar-refractivity contribution is -0.137. The van der Waals surface area contributed by atoms with Crippen LogP contribution in [0.5, 0.6) is 0 Å². The zero-order valence-corrected chi connectivity index (χ0v) is 9.68. The van der Waals surface area contributed by atoms with Gasteiger partial charge in [0.25, 0.3) is 5.91 Å². The van der Waals surface area contributed by atoms with Crippen LogP contribution < -0.4 is 5.32 Å². The first-order valence-electron chi connectivity index (χ1n) is 4.85. The third-order valence-corrected chi connectivity index (χ3v) is 2.82. The number of halogens is 3. The van der Waals surface area contributed by atoms with Gasteiger partial charge in [0.05, 0.1) is 11.1 Å². The van der Waals surface area contributed by atoms with Crippen molar-refractivity contribution in [2.24, 2.45) is 0 Å². The van der Waals surface area contributed by atoms with Crippen LogP contribution in [0, 0.1) is 0 Å². The first kappa shape index (κ1) is 12.6. The Hall–Kier alpha value is -1.89. The fraction of sp³-hybridized carbons (Fsp3) is 0.0909. The van der Waals surface area contributed by atoms with Crippen molar-refractivity contribution in [1.82, 2.24) is 4.98 Å². The summed E-state index contributed by atoms with van der Waals surface area (Å²) in [6.45, 7) is 0. The third kappa shape index (κ3) is 2.67. The average Bonchev–Trinajstić information content (AvgIpc) is 2.80. The summed E-state index contributed by atoms with van der Waals surface area (Å²) in [6, 6.07) is 4.62. The van der Waals surface area contributed by atoms with Crippen LogP contribution in [0.25, 0.3) is 0 Å². The number of nitrogens with zero attached hydrogens (tertiary/aromatic N) is 1. The molecule has 7 heteroatoms. The Balaban J connectivity index is 2.31. The predicted molar refractivity (Wildman–Crippen MR) is 61.5 cm³/mol. The molecule has 18 heavy (non-hydrogen) atoms. The van der Waals surface area contributed by atoms with E-state index in [9.17, 15) is 18.0 Å². The van der Waals surface area contributed by atoms with Gasteiger partial charge in [0.15, 0.2) is 5.13 Å². The monoisotopic (exact) mass is 272 g/mol. The molecule has 0 radical (unpaired) electrons. The molecular formula is C11H7F3N2OS. The van der Waals surface area contributed by atoms with E-state index in [1.54, 1.807) is 5.38 Å². The summed E-state index contributed by atoms with van der Waals surface area (Å²) in [6.07, 6.45) is -3.10. The number of nitrogens with one attached hydrogen (secondary N) is 1. The second-order valence-corrected chi connectivity index (χ2v) is 4.23. The zero-order chi connectivity index (χ0) is 13.2. The molecule has 2 rings (SSSR count). The first-order chi connectivity index (χ1) is 8.48. The number of hydrogen-bond donors (Lipinski definition) is 1. The normalized spacial score (nSPS) is 11.3. The highest BCUT2D eigenvalue weighted by Gasteiger charge is 2.34. The largest absolute Gasteiger partial charge is 0.417 e. The summed E-state index contributed by atoms with van der Waals surface area (Å²) in [5, 5.41) is 4.20. The number of carbonyl (C=O) groups is 1. The molecule has 2 aromatic rings. The summed E-state index contributed by atoms with van der Waals surface area (Å²) in [5.74, 6) is -0.821. The lowest BCUT2D eigenvalue weighted by atomic mass is 10.1. The van der Waals surface area contributed by atoms with E-state index in [2.05, 4.69) is 10.3 Å². The summed E-state index contributed by atoms with van der Waals surface area (Å²) in [5.41, 5.74) is -1.38. The highest BCUT2D eigenvalue weighted by atomic mass is 32.1. The smallest absolute Gasteiger partial charge is 0.298 e. The number of aromatic nitrogens is 1. The molecule has 0 fully saturated rings. The van der Waals surface area contributed by atoms with E-state index >= 15 is 0 Å². The number of carbonyl (C=O) groups excluding carboxylic acids is 1. The van der Waals surface area contributed by atoms with E-state index in [-0.39, 0.29) is 5.13 Å². The van der Waals surface area contributed by atoms with Crippen LogP contribution >= 0.6 is 11.3 Å². The topological polar surface area (TPSA) is 42.0 Å². The van der Waals surface area contributed by atoms with Crippen LogP contribution in [0.15, 0.2) is 35.8 Å². The van der Waals surface area contributed by atoms with E-state index in [1.165, 1.54) is 18.3 Å². The Morgan fingerprint density at radius 3 is 2.61 bits per heavy atom. The van der Waals surface area contributed by atoms with Crippen molar-refractivity contribution in [2.75, 3.05) is 5.32 Å². The maximum absolute atomic E-state index is 12.7. The van der Waals surface area contributed by atoms with Crippen LogP contribution in [0.1, 0.15) is 15.9 Å². The van der Waals surface area contributed by atoms with Gasteiger partial charge in [-0.2, -0.15) is 13.2 Å². The number of alkyl halides is 3. The van der Waals surface area contributed by atoms with Crippen LogP contribution in [-0.4, -0.2) is 10.9 Å². The highest BCUT2D eigenvalue weighted by molar-refractivity contribution is 7.13. The van der Waals surface area contributed by atoms with E-state index in [4.69, 9.17) is 0 Å². The Morgan fingerprint density at radius 1 is 1.28 bits per heavy atom. The van der Waals surface area contributed by atoms with Gasteiger partial charge in [0, 0.05) is 11.6 Å². The van der Waals surface area contributed by atoms with Gasteiger partial charge in [0.2, 0.25) is 0 Å². The van der Waals surface area contributed by atoms with Gasteiger partial charge in [-0.3, -0.25) is 10.1 Å². The fourth-order valence-electron chi connectivity index (χ4n) is 1.38. The van der Waals surface area contributed by atoms with E-state index in [1.807, 2.05) is 0 Å². The number of hydrogen-bond acceptors (Lipinski definition) is 3. The Labute approximate surface area is 104 Å². The molecule has 3 nitrogen and oxygen atoms in total. The Kier molecular flexibility index (Phi) is 3.33. The molecule has 1 aromatic heterocycles. The summed E-state index contributed by atoms with van der Waals surface area (Å²) >= 11 is 1.13. The van der Waals surface area contributed by atoms with Crippen LogP contribution in [-0.2, 0) is 6.18 Å². The van der Waals surface area contributed by atoms with Gasteiger partial charge in [0.1, 0.15) is 0 Å². The molecule has 0 saturated heterocycles. The molecular weight excluding hydrogens is 265 g/mol. The lowest BCUT2D eigenvalue weighted by Crippen LogP contribution is -2.18. The molecule has 0 aliphatic carbocycles. The molecule has 0 aliphatic heterocycles. The Morgan fingerprint density at radius 2 is 2.00 bits per heavy atom. The minimum Gasteiger partial charge on any atom is -0.298 e. The lowest BCUT2D eigenvalue weighted by Gasteiger charge is -2.11. The van der Waals surface area contributed by atoms with Crippen molar-refractivity contribution in [3.05, 3.63) is 47.0 Å².